The van der Waals surface area contributed by atoms with Gasteiger partial charge in [0.15, 0.2) is 5.69 Å². The van der Waals surface area contributed by atoms with E-state index in [4.69, 9.17) is 5.26 Å². The second-order valence-electron chi connectivity index (χ2n) is 7.05. The minimum absolute atomic E-state index is 0.137. The number of nitriles is 1. The zero-order valence-electron chi connectivity index (χ0n) is 17.8. The molecule has 0 unspecified atom stereocenters. The summed E-state index contributed by atoms with van der Waals surface area (Å²) in [6.45, 7) is 5.50. The number of fused-ring (bicyclic) bond motifs is 1. The van der Waals surface area contributed by atoms with E-state index in [-0.39, 0.29) is 11.3 Å². The molecule has 1 aromatic heterocycles. The van der Waals surface area contributed by atoms with Crippen molar-refractivity contribution < 1.29 is 4.79 Å². The second kappa shape index (κ2) is 9.67. The molecular formula is C23H24N6O2. The van der Waals surface area contributed by atoms with Crippen LogP contribution in [0.5, 0.6) is 0 Å². The van der Waals surface area contributed by atoms with Crippen LogP contribution >= 0.6 is 0 Å². The van der Waals surface area contributed by atoms with Crippen LogP contribution in [0, 0.1) is 18.3 Å². The van der Waals surface area contributed by atoms with Gasteiger partial charge in [-0.3, -0.25) is 9.59 Å². The van der Waals surface area contributed by atoms with Gasteiger partial charge in [0.1, 0.15) is 0 Å². The average Bonchev–Trinajstić information content (AvgIpc) is 2.78. The summed E-state index contributed by atoms with van der Waals surface area (Å²) in [4.78, 5) is 27.0. The van der Waals surface area contributed by atoms with E-state index in [1.54, 1.807) is 30.5 Å². The number of hydrogen-bond donors (Lipinski definition) is 1. The molecule has 3 rings (SSSR count). The lowest BCUT2D eigenvalue weighted by atomic mass is 10.1. The van der Waals surface area contributed by atoms with E-state index in [0.29, 0.717) is 23.7 Å². The van der Waals surface area contributed by atoms with Crippen LogP contribution in [-0.2, 0) is 7.05 Å². The summed E-state index contributed by atoms with van der Waals surface area (Å²) in [5.41, 5.74) is 5.27. The molecule has 0 saturated carbocycles. The van der Waals surface area contributed by atoms with Gasteiger partial charge in [0.25, 0.3) is 11.5 Å². The van der Waals surface area contributed by atoms with Crippen molar-refractivity contribution in [3.63, 3.8) is 0 Å². The van der Waals surface area contributed by atoms with Gasteiger partial charge in [0.2, 0.25) is 0 Å². The number of aromatic nitrogens is 2. The van der Waals surface area contributed by atoms with Gasteiger partial charge in [0.05, 0.1) is 24.1 Å². The molecule has 0 saturated heterocycles. The number of carbonyl (C=O) groups excluding carboxylic acids is 1. The topological polar surface area (TPSA) is 103 Å². The predicted molar refractivity (Wildman–Crippen MR) is 121 cm³/mol. The van der Waals surface area contributed by atoms with Crippen molar-refractivity contribution in [3.05, 3.63) is 69.6 Å². The molecule has 1 amide bonds. The van der Waals surface area contributed by atoms with E-state index >= 15 is 0 Å². The smallest absolute Gasteiger partial charge is 0.292 e. The molecule has 0 atom stereocenters. The molecule has 31 heavy (non-hydrogen) atoms. The molecule has 158 valence electrons. The van der Waals surface area contributed by atoms with Crippen LogP contribution in [0.3, 0.4) is 0 Å². The van der Waals surface area contributed by atoms with Crippen LogP contribution in [0.25, 0.3) is 10.8 Å². The molecule has 1 heterocycles. The summed E-state index contributed by atoms with van der Waals surface area (Å²) >= 11 is 0. The Bertz CT molecular complexity index is 1240. The second-order valence-corrected chi connectivity index (χ2v) is 7.05. The Morgan fingerprint density at radius 3 is 2.71 bits per heavy atom. The van der Waals surface area contributed by atoms with E-state index in [1.165, 1.54) is 7.05 Å². The van der Waals surface area contributed by atoms with E-state index in [1.807, 2.05) is 25.1 Å². The quantitative estimate of drug-likeness (QED) is 0.471. The molecule has 0 fully saturated rings. The van der Waals surface area contributed by atoms with Crippen molar-refractivity contribution in [2.24, 2.45) is 12.1 Å². The van der Waals surface area contributed by atoms with E-state index in [2.05, 4.69) is 33.5 Å². The van der Waals surface area contributed by atoms with Gasteiger partial charge >= 0.3 is 0 Å². The van der Waals surface area contributed by atoms with Gasteiger partial charge in [-0.25, -0.2) is 10.1 Å². The fourth-order valence-corrected chi connectivity index (χ4v) is 3.34. The Morgan fingerprint density at radius 1 is 1.29 bits per heavy atom. The Morgan fingerprint density at radius 2 is 2.03 bits per heavy atom. The minimum atomic E-state index is -0.494. The fourth-order valence-electron chi connectivity index (χ4n) is 3.34. The van der Waals surface area contributed by atoms with Gasteiger partial charge in [-0.1, -0.05) is 24.3 Å². The molecule has 2 aromatic carbocycles. The molecule has 0 aliphatic rings. The number of benzene rings is 2. The highest BCUT2D eigenvalue weighted by molar-refractivity contribution is 6.05. The van der Waals surface area contributed by atoms with Crippen molar-refractivity contribution >= 4 is 28.6 Å². The first kappa shape index (κ1) is 21.7. The molecule has 8 heteroatoms. The molecule has 3 aromatic rings. The zero-order valence-corrected chi connectivity index (χ0v) is 17.8. The van der Waals surface area contributed by atoms with Crippen molar-refractivity contribution in [1.29, 1.82) is 5.26 Å². The highest BCUT2D eigenvalue weighted by Crippen LogP contribution is 2.19. The maximum absolute atomic E-state index is 12.6. The van der Waals surface area contributed by atoms with Gasteiger partial charge in [-0.2, -0.15) is 15.5 Å². The maximum atomic E-state index is 12.6. The maximum Gasteiger partial charge on any atom is 0.292 e. The van der Waals surface area contributed by atoms with E-state index in [0.717, 1.165) is 28.0 Å². The summed E-state index contributed by atoms with van der Waals surface area (Å²) in [5, 5.41) is 17.9. The van der Waals surface area contributed by atoms with Crippen LogP contribution in [0.2, 0.25) is 0 Å². The number of carbonyl (C=O) groups is 1. The predicted octanol–water partition coefficient (Wildman–Crippen LogP) is 2.75. The molecule has 0 bridgehead atoms. The summed E-state index contributed by atoms with van der Waals surface area (Å²) in [6.07, 6.45) is 2.04. The number of rotatable bonds is 7. The van der Waals surface area contributed by atoms with Gasteiger partial charge < -0.3 is 4.90 Å². The molecule has 0 spiro atoms. The highest BCUT2D eigenvalue weighted by atomic mass is 16.2. The highest BCUT2D eigenvalue weighted by Gasteiger charge is 2.15. The monoisotopic (exact) mass is 416 g/mol. The Balaban J connectivity index is 1.78. The third-order valence-corrected chi connectivity index (χ3v) is 5.04. The SMILES string of the molecule is CCN(CCC#N)c1ccc(/C=N\NC(=O)c2nn(C)c(=O)c3ccccc23)c(C)c1. The molecule has 1 N–H and O–H groups in total. The van der Waals surface area contributed by atoms with Crippen molar-refractivity contribution in [3.8, 4) is 6.07 Å². The fraction of sp³-hybridized carbons (Fsp3) is 0.261. The summed E-state index contributed by atoms with van der Waals surface area (Å²) in [7, 11) is 1.51. The lowest BCUT2D eigenvalue weighted by Gasteiger charge is -2.22. The van der Waals surface area contributed by atoms with Gasteiger partial charge in [-0.05, 0) is 43.2 Å². The first-order valence-electron chi connectivity index (χ1n) is 9.98. The van der Waals surface area contributed by atoms with Crippen LogP contribution < -0.4 is 15.9 Å². The number of anilines is 1. The summed E-state index contributed by atoms with van der Waals surface area (Å²) < 4.78 is 1.15. The standard InChI is InChI=1S/C23H24N6O2/c1-4-29(13-7-12-24)18-11-10-17(16(2)14-18)15-25-26-22(30)21-19-8-5-6-9-20(19)23(31)28(3)27-21/h5-6,8-11,14-15H,4,7,13H2,1-3H3,(H,26,30)/b25-15-. The van der Waals surface area contributed by atoms with Crippen LogP contribution in [-0.4, -0.2) is 35.0 Å². The van der Waals surface area contributed by atoms with Gasteiger partial charge in [0, 0.05) is 31.2 Å². The van der Waals surface area contributed by atoms with Gasteiger partial charge in [-0.15, -0.1) is 0 Å². The first-order chi connectivity index (χ1) is 15.0. The number of aryl methyl sites for hydroxylation is 2. The number of hydrogen-bond acceptors (Lipinski definition) is 6. The lowest BCUT2D eigenvalue weighted by molar-refractivity contribution is 0.0950. The Hall–Kier alpha value is -3.99. The number of nitrogens with zero attached hydrogens (tertiary/aromatic N) is 5. The lowest BCUT2D eigenvalue weighted by Crippen LogP contribution is -2.27. The van der Waals surface area contributed by atoms with E-state index < -0.39 is 5.91 Å². The van der Waals surface area contributed by atoms with E-state index in [9.17, 15) is 9.59 Å². The number of hydrazone groups is 1. The van der Waals surface area contributed by atoms with Crippen molar-refractivity contribution in [1.82, 2.24) is 15.2 Å². The van der Waals surface area contributed by atoms with Crippen molar-refractivity contribution in [2.45, 2.75) is 20.3 Å². The molecule has 0 radical (unpaired) electrons. The zero-order chi connectivity index (χ0) is 22.4. The normalized spacial score (nSPS) is 10.9. The van der Waals surface area contributed by atoms with Crippen LogP contribution in [0.1, 0.15) is 35.0 Å². The van der Waals surface area contributed by atoms with Crippen molar-refractivity contribution in [2.75, 3.05) is 18.0 Å². The molecule has 0 aliphatic carbocycles. The van der Waals surface area contributed by atoms with Crippen LogP contribution in [0.15, 0.2) is 52.4 Å². The number of amides is 1. The Kier molecular flexibility index (Phi) is 6.78. The largest absolute Gasteiger partial charge is 0.371 e. The third-order valence-electron chi connectivity index (χ3n) is 5.04. The summed E-state index contributed by atoms with van der Waals surface area (Å²) in [6, 6.07) is 15.0. The minimum Gasteiger partial charge on any atom is -0.371 e. The third kappa shape index (κ3) is 4.78. The molecular weight excluding hydrogens is 392 g/mol. The Labute approximate surface area is 180 Å². The summed E-state index contributed by atoms with van der Waals surface area (Å²) in [5.74, 6) is -0.494. The molecule has 8 nitrogen and oxygen atoms in total. The number of nitrogens with one attached hydrogen (secondary N) is 1. The first-order valence-corrected chi connectivity index (χ1v) is 9.98. The average molecular weight is 416 g/mol. The molecule has 0 aliphatic heterocycles. The van der Waals surface area contributed by atoms with Crippen LogP contribution in [0.4, 0.5) is 5.69 Å².